The smallest absolute Gasteiger partial charge is 0.306 e. The number of esters is 1. The SMILES string of the molecule is CC(C)(C)CNC(=O)CCCC(=O)OCc1ccccc1. The van der Waals surface area contributed by atoms with Crippen molar-refractivity contribution in [3.05, 3.63) is 35.9 Å². The second-order valence-electron chi connectivity index (χ2n) is 6.34. The number of hydrogen-bond acceptors (Lipinski definition) is 3. The molecule has 1 amide bonds. The monoisotopic (exact) mass is 291 g/mol. The van der Waals surface area contributed by atoms with Gasteiger partial charge >= 0.3 is 5.97 Å². The molecule has 116 valence electrons. The van der Waals surface area contributed by atoms with Gasteiger partial charge in [-0.05, 0) is 17.4 Å². The first kappa shape index (κ1) is 17.2. The molecule has 4 heteroatoms. The third-order valence-corrected chi connectivity index (χ3v) is 2.84. The number of benzene rings is 1. The summed E-state index contributed by atoms with van der Waals surface area (Å²) in [6.07, 6.45) is 1.15. The van der Waals surface area contributed by atoms with Gasteiger partial charge < -0.3 is 10.1 Å². The Labute approximate surface area is 126 Å². The molecule has 0 spiro atoms. The summed E-state index contributed by atoms with van der Waals surface area (Å²) in [7, 11) is 0. The Kier molecular flexibility index (Phi) is 6.92. The van der Waals surface area contributed by atoms with Crippen molar-refractivity contribution in [3.8, 4) is 0 Å². The van der Waals surface area contributed by atoms with Gasteiger partial charge in [0, 0.05) is 19.4 Å². The number of ether oxygens (including phenoxy) is 1. The van der Waals surface area contributed by atoms with E-state index in [0.717, 1.165) is 5.56 Å². The number of rotatable bonds is 7. The zero-order valence-electron chi connectivity index (χ0n) is 13.1. The van der Waals surface area contributed by atoms with E-state index < -0.39 is 0 Å². The molecule has 0 aliphatic heterocycles. The predicted molar refractivity (Wildman–Crippen MR) is 82.6 cm³/mol. The second kappa shape index (κ2) is 8.45. The van der Waals surface area contributed by atoms with Gasteiger partial charge in [0.25, 0.3) is 0 Å². The zero-order valence-corrected chi connectivity index (χ0v) is 13.1. The van der Waals surface area contributed by atoms with E-state index in [4.69, 9.17) is 4.74 Å². The van der Waals surface area contributed by atoms with Crippen LogP contribution < -0.4 is 5.32 Å². The molecule has 0 radical (unpaired) electrons. The lowest BCUT2D eigenvalue weighted by Gasteiger charge is -2.18. The van der Waals surface area contributed by atoms with E-state index >= 15 is 0 Å². The molecule has 0 fully saturated rings. The van der Waals surface area contributed by atoms with Crippen molar-refractivity contribution in [1.82, 2.24) is 5.32 Å². The van der Waals surface area contributed by atoms with Gasteiger partial charge in [0.15, 0.2) is 0 Å². The van der Waals surface area contributed by atoms with E-state index in [2.05, 4.69) is 26.1 Å². The maximum absolute atomic E-state index is 11.6. The summed E-state index contributed by atoms with van der Waals surface area (Å²) in [4.78, 5) is 23.1. The van der Waals surface area contributed by atoms with Crippen molar-refractivity contribution >= 4 is 11.9 Å². The summed E-state index contributed by atoms with van der Waals surface area (Å²) in [6, 6.07) is 9.55. The molecule has 0 aliphatic rings. The van der Waals surface area contributed by atoms with Crippen molar-refractivity contribution in [2.24, 2.45) is 5.41 Å². The van der Waals surface area contributed by atoms with Crippen molar-refractivity contribution in [2.75, 3.05) is 6.54 Å². The van der Waals surface area contributed by atoms with Gasteiger partial charge in [0.05, 0.1) is 0 Å². The predicted octanol–water partition coefficient (Wildman–Crippen LogP) is 3.06. The molecular formula is C17H25NO3. The summed E-state index contributed by atoms with van der Waals surface area (Å²) in [6.45, 7) is 7.12. The van der Waals surface area contributed by atoms with Gasteiger partial charge in [0.1, 0.15) is 6.61 Å². The van der Waals surface area contributed by atoms with Crippen molar-refractivity contribution in [2.45, 2.75) is 46.6 Å². The molecule has 0 atom stereocenters. The lowest BCUT2D eigenvalue weighted by Crippen LogP contribution is -2.32. The van der Waals surface area contributed by atoms with Gasteiger partial charge in [-0.3, -0.25) is 9.59 Å². The van der Waals surface area contributed by atoms with Gasteiger partial charge in [-0.15, -0.1) is 0 Å². The largest absolute Gasteiger partial charge is 0.461 e. The van der Waals surface area contributed by atoms with Crippen LogP contribution in [0.2, 0.25) is 0 Å². The van der Waals surface area contributed by atoms with E-state index in [0.29, 0.717) is 19.4 Å². The minimum absolute atomic E-state index is 0.0132. The van der Waals surface area contributed by atoms with Gasteiger partial charge in [0.2, 0.25) is 5.91 Å². The van der Waals surface area contributed by atoms with Gasteiger partial charge in [-0.1, -0.05) is 51.1 Å². The molecule has 0 saturated heterocycles. The summed E-state index contributed by atoms with van der Waals surface area (Å²) in [5.74, 6) is -0.275. The van der Waals surface area contributed by atoms with Crippen LogP contribution in [0, 0.1) is 5.41 Å². The van der Waals surface area contributed by atoms with Crippen LogP contribution in [0.1, 0.15) is 45.6 Å². The molecule has 0 bridgehead atoms. The fourth-order valence-corrected chi connectivity index (χ4v) is 1.66. The van der Waals surface area contributed by atoms with Crippen molar-refractivity contribution < 1.29 is 14.3 Å². The Bertz CT molecular complexity index is 449. The lowest BCUT2D eigenvalue weighted by atomic mass is 9.97. The number of amides is 1. The standard InChI is InChI=1S/C17H25NO3/c1-17(2,3)13-18-15(19)10-7-11-16(20)21-12-14-8-5-4-6-9-14/h4-6,8-9H,7,10-13H2,1-3H3,(H,18,19). The number of carbonyl (C=O) groups excluding carboxylic acids is 2. The number of carbonyl (C=O) groups is 2. The number of hydrogen-bond donors (Lipinski definition) is 1. The van der Waals surface area contributed by atoms with E-state index in [1.807, 2.05) is 30.3 Å². The fourth-order valence-electron chi connectivity index (χ4n) is 1.66. The van der Waals surface area contributed by atoms with E-state index in [1.165, 1.54) is 0 Å². The van der Waals surface area contributed by atoms with Crippen LogP contribution >= 0.6 is 0 Å². The van der Waals surface area contributed by atoms with Crippen LogP contribution in [0.25, 0.3) is 0 Å². The minimum atomic E-state index is -0.262. The highest BCUT2D eigenvalue weighted by atomic mass is 16.5. The average molecular weight is 291 g/mol. The van der Waals surface area contributed by atoms with E-state index in [1.54, 1.807) is 0 Å². The van der Waals surface area contributed by atoms with Gasteiger partial charge in [-0.2, -0.15) is 0 Å². The molecule has 0 heterocycles. The summed E-state index contributed by atoms with van der Waals surface area (Å²) in [5, 5.41) is 2.86. The molecule has 0 aliphatic carbocycles. The highest BCUT2D eigenvalue weighted by Gasteiger charge is 2.12. The third kappa shape index (κ3) is 8.84. The quantitative estimate of drug-likeness (QED) is 0.786. The first-order valence-corrected chi connectivity index (χ1v) is 7.33. The first-order chi connectivity index (χ1) is 9.87. The van der Waals surface area contributed by atoms with E-state index in [-0.39, 0.29) is 30.3 Å². The molecule has 0 aromatic heterocycles. The Morgan fingerprint density at radius 2 is 1.76 bits per heavy atom. The second-order valence-corrected chi connectivity index (χ2v) is 6.34. The van der Waals surface area contributed by atoms with E-state index in [9.17, 15) is 9.59 Å². The summed E-state index contributed by atoms with van der Waals surface area (Å²) >= 11 is 0. The first-order valence-electron chi connectivity index (χ1n) is 7.33. The summed E-state index contributed by atoms with van der Waals surface area (Å²) in [5.41, 5.74) is 1.04. The Hall–Kier alpha value is -1.84. The van der Waals surface area contributed by atoms with Crippen molar-refractivity contribution in [3.63, 3.8) is 0 Å². The van der Waals surface area contributed by atoms with Crippen LogP contribution in [-0.4, -0.2) is 18.4 Å². The molecular weight excluding hydrogens is 266 g/mol. The van der Waals surface area contributed by atoms with Crippen molar-refractivity contribution in [1.29, 1.82) is 0 Å². The topological polar surface area (TPSA) is 55.4 Å². The molecule has 1 rings (SSSR count). The Morgan fingerprint density at radius 3 is 2.38 bits per heavy atom. The number of nitrogens with one attached hydrogen (secondary N) is 1. The lowest BCUT2D eigenvalue weighted by molar-refractivity contribution is -0.145. The molecule has 21 heavy (non-hydrogen) atoms. The fraction of sp³-hybridized carbons (Fsp3) is 0.529. The maximum atomic E-state index is 11.6. The average Bonchev–Trinajstić information content (AvgIpc) is 2.43. The molecule has 1 aromatic rings. The van der Waals surface area contributed by atoms with Crippen LogP contribution in [0.15, 0.2) is 30.3 Å². The summed E-state index contributed by atoms with van der Waals surface area (Å²) < 4.78 is 5.15. The Balaban J connectivity index is 2.12. The maximum Gasteiger partial charge on any atom is 0.306 e. The minimum Gasteiger partial charge on any atom is -0.461 e. The molecule has 0 saturated carbocycles. The molecule has 0 unspecified atom stereocenters. The zero-order chi connectivity index (χ0) is 15.7. The van der Waals surface area contributed by atoms with Crippen LogP contribution in [0.4, 0.5) is 0 Å². The van der Waals surface area contributed by atoms with Crippen LogP contribution in [0.3, 0.4) is 0 Å². The normalized spacial score (nSPS) is 11.0. The third-order valence-electron chi connectivity index (χ3n) is 2.84. The molecule has 1 N–H and O–H groups in total. The van der Waals surface area contributed by atoms with Crippen LogP contribution in [-0.2, 0) is 20.9 Å². The van der Waals surface area contributed by atoms with Crippen LogP contribution in [0.5, 0.6) is 0 Å². The molecule has 1 aromatic carbocycles. The molecule has 4 nitrogen and oxygen atoms in total. The van der Waals surface area contributed by atoms with Gasteiger partial charge in [-0.25, -0.2) is 0 Å². The highest BCUT2D eigenvalue weighted by molar-refractivity contribution is 5.77. The highest BCUT2D eigenvalue weighted by Crippen LogP contribution is 2.10. The Morgan fingerprint density at radius 1 is 1.10 bits per heavy atom.